The van der Waals surface area contributed by atoms with Crippen LogP contribution in [-0.2, 0) is 23.7 Å². The molecule has 1 saturated heterocycles. The fourth-order valence-electron chi connectivity index (χ4n) is 8.84. The molecule has 0 aromatic rings. The molecule has 0 aromatic heterocycles. The zero-order valence-electron chi connectivity index (χ0n) is 44.1. The van der Waals surface area contributed by atoms with Crippen LogP contribution in [-0.4, -0.2) is 89.6 Å². The van der Waals surface area contributed by atoms with Gasteiger partial charge < -0.3 is 39.4 Å². The van der Waals surface area contributed by atoms with Crippen molar-refractivity contribution in [3.63, 3.8) is 0 Å². The SMILES string of the molecule is CC/C=C\C/C=C\C/C=C\C/C=C\CCCCCCCCCCC(=O)OC(COCCCCCCCCCCCCCCCCCCCCCCCCCC)COC1OC(CO)C(O)C(O)C1O. The number of aliphatic hydroxyl groups excluding tert-OH is 4. The number of carbonyl (C=O) groups excluding carboxylic acids is 1. The Labute approximate surface area is 418 Å². The zero-order chi connectivity index (χ0) is 49.2. The predicted octanol–water partition coefficient (Wildman–Crippen LogP) is 14.8. The number of ether oxygens (including phenoxy) is 4. The molecule has 6 atom stereocenters. The fraction of sp³-hybridized carbons (Fsp3) is 0.847. The molecule has 1 heterocycles. The number of carbonyl (C=O) groups is 1. The van der Waals surface area contributed by atoms with Crippen LogP contribution in [0.4, 0.5) is 0 Å². The van der Waals surface area contributed by atoms with E-state index < -0.39 is 43.4 Å². The molecule has 0 aliphatic carbocycles. The quantitative estimate of drug-likeness (QED) is 0.0267. The topological polar surface area (TPSA) is 135 Å². The summed E-state index contributed by atoms with van der Waals surface area (Å²) in [6.07, 6.45) is 57.3. The summed E-state index contributed by atoms with van der Waals surface area (Å²) in [5.74, 6) is -0.318. The van der Waals surface area contributed by atoms with Gasteiger partial charge in [-0.1, -0.05) is 249 Å². The molecule has 398 valence electrons. The molecule has 1 aliphatic rings. The highest BCUT2D eigenvalue weighted by atomic mass is 16.7. The number of esters is 1. The van der Waals surface area contributed by atoms with Crippen LogP contribution in [0.15, 0.2) is 48.6 Å². The lowest BCUT2D eigenvalue weighted by Crippen LogP contribution is -2.59. The maximum absolute atomic E-state index is 12.9. The first-order chi connectivity index (χ1) is 33.4. The molecular formula is C59H108O9. The first-order valence-electron chi connectivity index (χ1n) is 28.7. The van der Waals surface area contributed by atoms with Crippen LogP contribution in [0.5, 0.6) is 0 Å². The Balaban J connectivity index is 2.15. The molecule has 0 radical (unpaired) electrons. The van der Waals surface area contributed by atoms with Crippen molar-refractivity contribution in [3.8, 4) is 0 Å². The molecule has 0 spiro atoms. The Hall–Kier alpha value is -1.85. The van der Waals surface area contributed by atoms with Crippen molar-refractivity contribution in [2.24, 2.45) is 0 Å². The third-order valence-electron chi connectivity index (χ3n) is 13.3. The molecule has 9 heteroatoms. The summed E-state index contributed by atoms with van der Waals surface area (Å²) in [7, 11) is 0. The van der Waals surface area contributed by atoms with Gasteiger partial charge in [0.25, 0.3) is 0 Å². The van der Waals surface area contributed by atoms with Gasteiger partial charge in [-0.05, 0) is 51.4 Å². The second-order valence-corrected chi connectivity index (χ2v) is 19.7. The van der Waals surface area contributed by atoms with Crippen LogP contribution in [0.25, 0.3) is 0 Å². The summed E-state index contributed by atoms with van der Waals surface area (Å²) < 4.78 is 23.0. The maximum Gasteiger partial charge on any atom is 0.306 e. The van der Waals surface area contributed by atoms with Gasteiger partial charge in [-0.2, -0.15) is 0 Å². The van der Waals surface area contributed by atoms with Crippen LogP contribution in [0.2, 0.25) is 0 Å². The molecule has 9 nitrogen and oxygen atoms in total. The summed E-state index contributed by atoms with van der Waals surface area (Å²) in [6.45, 7) is 4.49. The van der Waals surface area contributed by atoms with E-state index in [2.05, 4.69) is 62.5 Å². The molecular weight excluding hydrogens is 853 g/mol. The summed E-state index contributed by atoms with van der Waals surface area (Å²) in [5.41, 5.74) is 0. The van der Waals surface area contributed by atoms with Crippen molar-refractivity contribution in [1.29, 1.82) is 0 Å². The third kappa shape index (κ3) is 39.8. The molecule has 0 bridgehead atoms. The Bertz CT molecular complexity index is 1180. The fourth-order valence-corrected chi connectivity index (χ4v) is 8.84. The van der Waals surface area contributed by atoms with Crippen LogP contribution < -0.4 is 0 Å². The van der Waals surface area contributed by atoms with E-state index in [9.17, 15) is 25.2 Å². The summed E-state index contributed by atoms with van der Waals surface area (Å²) >= 11 is 0. The lowest BCUT2D eigenvalue weighted by molar-refractivity contribution is -0.305. The lowest BCUT2D eigenvalue weighted by atomic mass is 9.99. The van der Waals surface area contributed by atoms with Gasteiger partial charge in [0, 0.05) is 13.0 Å². The van der Waals surface area contributed by atoms with Gasteiger partial charge in [-0.15, -0.1) is 0 Å². The van der Waals surface area contributed by atoms with Crippen molar-refractivity contribution in [2.45, 2.75) is 295 Å². The monoisotopic (exact) mass is 961 g/mol. The van der Waals surface area contributed by atoms with E-state index in [0.29, 0.717) is 13.0 Å². The molecule has 0 saturated carbocycles. The largest absolute Gasteiger partial charge is 0.457 e. The molecule has 4 N–H and O–H groups in total. The smallest absolute Gasteiger partial charge is 0.306 e. The van der Waals surface area contributed by atoms with Crippen LogP contribution in [0.1, 0.15) is 258 Å². The van der Waals surface area contributed by atoms with Gasteiger partial charge in [-0.3, -0.25) is 4.79 Å². The second-order valence-electron chi connectivity index (χ2n) is 19.7. The van der Waals surface area contributed by atoms with E-state index in [-0.39, 0.29) is 19.2 Å². The maximum atomic E-state index is 12.9. The van der Waals surface area contributed by atoms with Crippen LogP contribution >= 0.6 is 0 Å². The molecule has 68 heavy (non-hydrogen) atoms. The Morgan fingerprint density at radius 3 is 1.35 bits per heavy atom. The van der Waals surface area contributed by atoms with Gasteiger partial charge in [0.1, 0.15) is 30.5 Å². The average molecular weight is 962 g/mol. The predicted molar refractivity (Wildman–Crippen MR) is 284 cm³/mol. The molecule has 0 amide bonds. The van der Waals surface area contributed by atoms with Gasteiger partial charge in [0.15, 0.2) is 6.29 Å². The van der Waals surface area contributed by atoms with Crippen molar-refractivity contribution in [2.75, 3.05) is 26.4 Å². The van der Waals surface area contributed by atoms with Crippen molar-refractivity contribution in [3.05, 3.63) is 48.6 Å². The van der Waals surface area contributed by atoms with Gasteiger partial charge in [0.2, 0.25) is 0 Å². The van der Waals surface area contributed by atoms with Gasteiger partial charge >= 0.3 is 5.97 Å². The second kappa shape index (κ2) is 50.1. The molecule has 6 unspecified atom stereocenters. The van der Waals surface area contributed by atoms with Gasteiger partial charge in [0.05, 0.1) is 19.8 Å². The van der Waals surface area contributed by atoms with E-state index in [0.717, 1.165) is 64.2 Å². The molecule has 1 aliphatic heterocycles. The highest BCUT2D eigenvalue weighted by Gasteiger charge is 2.44. The third-order valence-corrected chi connectivity index (χ3v) is 13.3. The van der Waals surface area contributed by atoms with Crippen molar-refractivity contribution < 1.29 is 44.2 Å². The Morgan fingerprint density at radius 2 is 0.897 bits per heavy atom. The summed E-state index contributed by atoms with van der Waals surface area (Å²) in [6, 6.07) is 0. The van der Waals surface area contributed by atoms with E-state index >= 15 is 0 Å². The highest BCUT2D eigenvalue weighted by Crippen LogP contribution is 2.23. The Kier molecular flexibility index (Phi) is 47.3. The standard InChI is InChI=1S/C59H108O9/c1-3-5-7-9-11-13-15-17-19-21-23-25-26-27-29-31-33-35-37-39-41-43-45-47-49-65-51-53(52-66-59-58(64)57(63)56(62)54(50-60)68-59)67-55(61)48-46-44-42-40-38-36-34-32-30-28-24-22-20-18-16-14-12-10-8-6-4-2/h6,8,12,14,18,20,24,28,53-54,56-60,62-64H,3-5,7,9-11,13,15-17,19,21-23,25-27,29-52H2,1-2H3/b8-6-,14-12-,20-18-,28-24-. The molecule has 0 aromatic carbocycles. The number of unbranched alkanes of at least 4 members (excludes halogenated alkanes) is 31. The number of hydrogen-bond donors (Lipinski definition) is 4. The van der Waals surface area contributed by atoms with Crippen LogP contribution in [0.3, 0.4) is 0 Å². The number of aliphatic hydroxyl groups is 4. The van der Waals surface area contributed by atoms with Crippen molar-refractivity contribution >= 4 is 5.97 Å². The normalized spacial score (nSPS) is 19.4. The minimum absolute atomic E-state index is 0.115. The summed E-state index contributed by atoms with van der Waals surface area (Å²) in [5, 5.41) is 40.3. The van der Waals surface area contributed by atoms with E-state index in [1.54, 1.807) is 0 Å². The summed E-state index contributed by atoms with van der Waals surface area (Å²) in [4.78, 5) is 12.9. The number of rotatable bonds is 50. The van der Waals surface area contributed by atoms with Crippen molar-refractivity contribution in [1.82, 2.24) is 0 Å². The van der Waals surface area contributed by atoms with E-state index in [4.69, 9.17) is 18.9 Å². The van der Waals surface area contributed by atoms with Gasteiger partial charge in [-0.25, -0.2) is 0 Å². The Morgan fingerprint density at radius 1 is 0.485 bits per heavy atom. The zero-order valence-corrected chi connectivity index (χ0v) is 44.1. The lowest BCUT2D eigenvalue weighted by Gasteiger charge is -2.39. The molecule has 1 rings (SSSR count). The number of hydrogen-bond acceptors (Lipinski definition) is 9. The highest BCUT2D eigenvalue weighted by molar-refractivity contribution is 5.69. The minimum atomic E-state index is -1.54. The average Bonchev–Trinajstić information content (AvgIpc) is 3.34. The first-order valence-corrected chi connectivity index (χ1v) is 28.7. The number of allylic oxidation sites excluding steroid dienone is 8. The van der Waals surface area contributed by atoms with Crippen LogP contribution in [0, 0.1) is 0 Å². The van der Waals surface area contributed by atoms with E-state index in [1.807, 2.05) is 0 Å². The molecule has 1 fully saturated rings. The minimum Gasteiger partial charge on any atom is -0.457 e. The van der Waals surface area contributed by atoms with E-state index in [1.165, 1.54) is 173 Å². The first kappa shape index (κ1) is 64.2.